The van der Waals surface area contributed by atoms with E-state index in [4.69, 9.17) is 17.0 Å². The van der Waals surface area contributed by atoms with E-state index in [1.54, 1.807) is 18.2 Å². The molecular weight excluding hydrogens is 381 g/mol. The van der Waals surface area contributed by atoms with Gasteiger partial charge in [-0.15, -0.1) is 8.78 Å². The minimum Gasteiger partial charge on any atom is -0.395 e. The predicted octanol–water partition coefficient (Wildman–Crippen LogP) is 3.92. The number of halogens is 3. The quantitative estimate of drug-likeness (QED) is 0.777. The van der Waals surface area contributed by atoms with Crippen LogP contribution in [0.4, 0.5) is 18.9 Å². The van der Waals surface area contributed by atoms with Crippen LogP contribution in [0.3, 0.4) is 0 Å². The molecule has 0 radical (unpaired) electrons. The Kier molecular flexibility index (Phi) is 4.56. The number of nitrogens with zero attached hydrogens (tertiary/aromatic N) is 1. The number of fused-ring (bicyclic) bond motifs is 1. The maximum Gasteiger partial charge on any atom is 0.586 e. The molecule has 2 aromatic carbocycles. The first kappa shape index (κ1) is 17.9. The summed E-state index contributed by atoms with van der Waals surface area (Å²) < 4.78 is 53.9. The summed E-state index contributed by atoms with van der Waals surface area (Å²) >= 11 is 5.43. The van der Waals surface area contributed by atoms with E-state index in [0.717, 1.165) is 5.56 Å². The van der Waals surface area contributed by atoms with Crippen molar-refractivity contribution in [2.75, 3.05) is 25.0 Å². The Balaban J connectivity index is 1.42. The molecule has 1 saturated heterocycles. The molecule has 9 heteroatoms. The standard InChI is InChI=1S/C18H15F3N2O3S/c19-12-3-1-11(2-4-12)16-10-23(7-8-24-16)17(27)22-13-5-6-14-15(9-13)26-18(20,21)25-14/h1-6,9,16H,7-8,10H2,(H,22,27)/t16-/m1/s1. The maximum absolute atomic E-state index is 13.1. The number of rotatable bonds is 2. The van der Waals surface area contributed by atoms with Crippen molar-refractivity contribution in [1.29, 1.82) is 0 Å². The highest BCUT2D eigenvalue weighted by molar-refractivity contribution is 7.80. The van der Waals surface area contributed by atoms with Gasteiger partial charge in [-0.05, 0) is 42.0 Å². The fourth-order valence-electron chi connectivity index (χ4n) is 2.94. The molecule has 2 aliphatic heterocycles. The largest absolute Gasteiger partial charge is 0.586 e. The first-order valence-corrected chi connectivity index (χ1v) is 8.63. The van der Waals surface area contributed by atoms with Gasteiger partial charge in [0.2, 0.25) is 0 Å². The van der Waals surface area contributed by atoms with Crippen molar-refractivity contribution in [3.05, 3.63) is 53.8 Å². The molecule has 5 nitrogen and oxygen atoms in total. The summed E-state index contributed by atoms with van der Waals surface area (Å²) in [6, 6.07) is 10.5. The second-order valence-electron chi connectivity index (χ2n) is 6.12. The van der Waals surface area contributed by atoms with Crippen LogP contribution < -0.4 is 14.8 Å². The van der Waals surface area contributed by atoms with Crippen LogP contribution in [0.5, 0.6) is 11.5 Å². The molecule has 0 saturated carbocycles. The molecule has 4 rings (SSSR count). The van der Waals surface area contributed by atoms with Crippen molar-refractivity contribution < 1.29 is 27.4 Å². The highest BCUT2D eigenvalue weighted by Crippen LogP contribution is 2.42. The molecule has 0 aromatic heterocycles. The van der Waals surface area contributed by atoms with Crippen LogP contribution in [0.15, 0.2) is 42.5 Å². The predicted molar refractivity (Wildman–Crippen MR) is 95.5 cm³/mol. The zero-order valence-electron chi connectivity index (χ0n) is 14.0. The van der Waals surface area contributed by atoms with Crippen molar-refractivity contribution >= 4 is 23.0 Å². The van der Waals surface area contributed by atoms with Gasteiger partial charge in [-0.2, -0.15) is 0 Å². The van der Waals surface area contributed by atoms with Crippen molar-refractivity contribution in [2.24, 2.45) is 0 Å². The van der Waals surface area contributed by atoms with Crippen LogP contribution in [0, 0.1) is 5.82 Å². The Bertz CT molecular complexity index is 863. The van der Waals surface area contributed by atoms with Gasteiger partial charge in [0.25, 0.3) is 0 Å². The van der Waals surface area contributed by atoms with E-state index in [1.807, 2.05) is 4.90 Å². The lowest BCUT2D eigenvalue weighted by Crippen LogP contribution is -2.44. The molecule has 0 bridgehead atoms. The molecule has 1 fully saturated rings. The minimum absolute atomic E-state index is 0.0285. The van der Waals surface area contributed by atoms with Gasteiger partial charge in [0.15, 0.2) is 16.6 Å². The van der Waals surface area contributed by atoms with E-state index in [0.29, 0.717) is 30.5 Å². The Morgan fingerprint density at radius 1 is 1.11 bits per heavy atom. The second-order valence-corrected chi connectivity index (χ2v) is 6.50. The zero-order chi connectivity index (χ0) is 19.0. The van der Waals surface area contributed by atoms with Crippen LogP contribution in [0.2, 0.25) is 0 Å². The summed E-state index contributed by atoms with van der Waals surface area (Å²) in [6.07, 6.45) is -3.90. The van der Waals surface area contributed by atoms with Crippen LogP contribution in [0.25, 0.3) is 0 Å². The topological polar surface area (TPSA) is 43.0 Å². The Labute approximate surface area is 158 Å². The van der Waals surface area contributed by atoms with E-state index in [1.165, 1.54) is 24.3 Å². The van der Waals surface area contributed by atoms with Crippen LogP contribution >= 0.6 is 12.2 Å². The van der Waals surface area contributed by atoms with E-state index >= 15 is 0 Å². The van der Waals surface area contributed by atoms with Gasteiger partial charge in [0.05, 0.1) is 13.2 Å². The molecule has 1 N–H and O–H groups in total. The van der Waals surface area contributed by atoms with Gasteiger partial charge in [-0.3, -0.25) is 0 Å². The number of morpholine rings is 1. The summed E-state index contributed by atoms with van der Waals surface area (Å²) in [4.78, 5) is 1.91. The molecule has 2 aromatic rings. The van der Waals surface area contributed by atoms with Crippen molar-refractivity contribution in [2.45, 2.75) is 12.4 Å². The first-order valence-electron chi connectivity index (χ1n) is 8.22. The normalized spacial score (nSPS) is 20.4. The number of alkyl halides is 2. The Hall–Kier alpha value is -2.52. The molecule has 1 atom stereocenters. The fourth-order valence-corrected chi connectivity index (χ4v) is 3.23. The van der Waals surface area contributed by atoms with Gasteiger partial charge in [-0.25, -0.2) is 4.39 Å². The lowest BCUT2D eigenvalue weighted by molar-refractivity contribution is -0.286. The number of ether oxygens (including phenoxy) is 3. The van der Waals surface area contributed by atoms with E-state index in [9.17, 15) is 13.2 Å². The second kappa shape index (κ2) is 6.90. The summed E-state index contributed by atoms with van der Waals surface area (Å²) in [5.74, 6) is -0.393. The van der Waals surface area contributed by atoms with Crippen molar-refractivity contribution in [3.8, 4) is 11.5 Å². The molecule has 0 aliphatic carbocycles. The molecule has 0 unspecified atom stereocenters. The van der Waals surface area contributed by atoms with Crippen LogP contribution in [0.1, 0.15) is 11.7 Å². The summed E-state index contributed by atoms with van der Waals surface area (Å²) in [7, 11) is 0. The lowest BCUT2D eigenvalue weighted by atomic mass is 10.1. The van der Waals surface area contributed by atoms with Crippen LogP contribution in [-0.4, -0.2) is 36.0 Å². The maximum atomic E-state index is 13.1. The number of thiocarbonyl (C=S) groups is 1. The highest BCUT2D eigenvalue weighted by atomic mass is 32.1. The average molecular weight is 396 g/mol. The third kappa shape index (κ3) is 3.93. The summed E-state index contributed by atoms with van der Waals surface area (Å²) in [5, 5.41) is 3.44. The first-order chi connectivity index (χ1) is 12.9. The van der Waals surface area contributed by atoms with E-state index in [-0.39, 0.29) is 23.4 Å². The molecule has 0 amide bonds. The number of anilines is 1. The molecule has 2 heterocycles. The summed E-state index contributed by atoms with van der Waals surface area (Å²) in [6.45, 7) is 1.52. The average Bonchev–Trinajstić information content (AvgIpc) is 2.95. The number of benzene rings is 2. The Morgan fingerprint density at radius 3 is 2.63 bits per heavy atom. The van der Waals surface area contributed by atoms with Crippen molar-refractivity contribution in [1.82, 2.24) is 4.90 Å². The van der Waals surface area contributed by atoms with Crippen molar-refractivity contribution in [3.63, 3.8) is 0 Å². The molecular formula is C18H15F3N2O3S. The Morgan fingerprint density at radius 2 is 1.85 bits per heavy atom. The molecule has 27 heavy (non-hydrogen) atoms. The molecule has 2 aliphatic rings. The summed E-state index contributed by atoms with van der Waals surface area (Å²) in [5.41, 5.74) is 1.36. The zero-order valence-corrected chi connectivity index (χ0v) is 14.8. The molecule has 0 spiro atoms. The van der Waals surface area contributed by atoms with E-state index < -0.39 is 6.29 Å². The van der Waals surface area contributed by atoms with Gasteiger partial charge >= 0.3 is 6.29 Å². The monoisotopic (exact) mass is 396 g/mol. The highest BCUT2D eigenvalue weighted by Gasteiger charge is 2.43. The van der Waals surface area contributed by atoms with Crippen LogP contribution in [-0.2, 0) is 4.74 Å². The number of hydrogen-bond donors (Lipinski definition) is 1. The SMILES string of the molecule is Fc1ccc([C@H]2CN(C(=S)Nc3ccc4c(c3)OC(F)(F)O4)CCO2)cc1. The fraction of sp³-hybridized carbons (Fsp3) is 0.278. The lowest BCUT2D eigenvalue weighted by Gasteiger charge is -2.35. The van der Waals surface area contributed by atoms with Gasteiger partial charge in [-0.1, -0.05) is 12.1 Å². The number of nitrogens with one attached hydrogen (secondary N) is 1. The number of hydrogen-bond acceptors (Lipinski definition) is 4. The molecule has 142 valence electrons. The third-order valence-corrected chi connectivity index (χ3v) is 4.61. The third-order valence-electron chi connectivity index (χ3n) is 4.25. The van der Waals surface area contributed by atoms with Gasteiger partial charge < -0.3 is 24.4 Å². The van der Waals surface area contributed by atoms with E-state index in [2.05, 4.69) is 14.8 Å². The smallest absolute Gasteiger partial charge is 0.395 e. The van der Waals surface area contributed by atoms with Gasteiger partial charge in [0, 0.05) is 18.3 Å². The minimum atomic E-state index is -3.66. The van der Waals surface area contributed by atoms with Gasteiger partial charge in [0.1, 0.15) is 11.9 Å².